The Kier molecular flexibility index (Phi) is 10.4. The second kappa shape index (κ2) is 13.0. The number of hydrogen-bond donors (Lipinski definition) is 3. The topological polar surface area (TPSA) is 122 Å². The molecule has 0 saturated carbocycles. The van der Waals surface area contributed by atoms with Crippen LogP contribution in [0, 0.1) is 0 Å². The molecule has 0 aliphatic carbocycles. The number of rotatable bonds is 9. The van der Waals surface area contributed by atoms with Gasteiger partial charge in [0.15, 0.2) is 5.78 Å². The van der Waals surface area contributed by atoms with E-state index < -0.39 is 10.4 Å². The molecule has 0 fully saturated rings. The van der Waals surface area contributed by atoms with Gasteiger partial charge in [-0.1, -0.05) is 60.7 Å². The van der Waals surface area contributed by atoms with Crippen molar-refractivity contribution >= 4 is 16.2 Å². The van der Waals surface area contributed by atoms with Gasteiger partial charge in [-0.15, -0.1) is 0 Å². The lowest BCUT2D eigenvalue weighted by Gasteiger charge is -2.20. The Labute approximate surface area is 206 Å². The minimum absolute atomic E-state index is 0.000327. The molecule has 0 heterocycles. The summed E-state index contributed by atoms with van der Waals surface area (Å²) in [4.78, 5) is 12.8. The van der Waals surface area contributed by atoms with Gasteiger partial charge in [0.1, 0.15) is 24.7 Å². The van der Waals surface area contributed by atoms with E-state index in [4.69, 9.17) is 27.0 Å². The first-order chi connectivity index (χ1) is 16.4. The largest absolute Gasteiger partial charge is 0.489 e. The fourth-order valence-electron chi connectivity index (χ4n) is 2.83. The van der Waals surface area contributed by atoms with Crippen LogP contribution in [0.3, 0.4) is 0 Å². The van der Waals surface area contributed by atoms with Crippen molar-refractivity contribution in [2.75, 3.05) is 6.54 Å². The number of benzene rings is 3. The number of carbonyl (C=O) groups is 1. The summed E-state index contributed by atoms with van der Waals surface area (Å²) in [5.41, 5.74) is 2.56. The van der Waals surface area contributed by atoms with E-state index in [1.54, 1.807) is 12.1 Å². The molecule has 0 bridgehead atoms. The van der Waals surface area contributed by atoms with Crippen molar-refractivity contribution in [3.05, 3.63) is 95.6 Å². The van der Waals surface area contributed by atoms with Gasteiger partial charge < -0.3 is 14.8 Å². The van der Waals surface area contributed by atoms with Crippen molar-refractivity contribution in [3.63, 3.8) is 0 Å². The highest BCUT2D eigenvalue weighted by molar-refractivity contribution is 7.79. The third kappa shape index (κ3) is 12.7. The van der Waals surface area contributed by atoms with E-state index in [9.17, 15) is 4.79 Å². The van der Waals surface area contributed by atoms with Gasteiger partial charge in [-0.2, -0.15) is 8.42 Å². The highest BCUT2D eigenvalue weighted by Crippen LogP contribution is 2.25. The summed E-state index contributed by atoms with van der Waals surface area (Å²) in [5, 5.41) is 3.24. The van der Waals surface area contributed by atoms with Crippen molar-refractivity contribution < 1.29 is 31.8 Å². The maximum Gasteiger partial charge on any atom is 0.394 e. The van der Waals surface area contributed by atoms with Crippen LogP contribution in [0.25, 0.3) is 0 Å². The van der Waals surface area contributed by atoms with Crippen molar-refractivity contribution in [1.29, 1.82) is 0 Å². The van der Waals surface area contributed by atoms with Crippen LogP contribution < -0.4 is 14.8 Å². The number of ketones is 1. The van der Waals surface area contributed by atoms with Crippen LogP contribution in [0.4, 0.5) is 0 Å². The third-order valence-electron chi connectivity index (χ3n) is 4.48. The van der Waals surface area contributed by atoms with Crippen LogP contribution in [0.2, 0.25) is 0 Å². The standard InChI is InChI=1S/C26H29NO3.H2O4S/c1-26(2,3)27-17-25(28)22-14-23(29-18-20-10-6-4-7-11-20)16-24(15-22)30-19-21-12-8-5-9-13-21;1-5(2,3)4/h4-16,27H,17-19H2,1-3H3;(H2,1,2,3,4). The number of hydrogen-bond acceptors (Lipinski definition) is 6. The lowest BCUT2D eigenvalue weighted by molar-refractivity contribution is 0.0981. The molecule has 0 saturated heterocycles. The summed E-state index contributed by atoms with van der Waals surface area (Å²) in [6.45, 7) is 7.22. The fourth-order valence-corrected chi connectivity index (χ4v) is 2.83. The van der Waals surface area contributed by atoms with Crippen LogP contribution in [0.5, 0.6) is 11.5 Å². The molecule has 0 aliphatic rings. The zero-order valence-electron chi connectivity index (χ0n) is 20.0. The monoisotopic (exact) mass is 501 g/mol. The van der Waals surface area contributed by atoms with Gasteiger partial charge in [0, 0.05) is 17.2 Å². The maximum absolute atomic E-state index is 12.8. The molecule has 35 heavy (non-hydrogen) atoms. The minimum Gasteiger partial charge on any atom is -0.489 e. The quantitative estimate of drug-likeness (QED) is 0.283. The van der Waals surface area contributed by atoms with Gasteiger partial charge in [0.05, 0.1) is 6.54 Å². The van der Waals surface area contributed by atoms with Crippen LogP contribution in [-0.2, 0) is 23.6 Å². The lowest BCUT2D eigenvalue weighted by Crippen LogP contribution is -2.39. The molecule has 0 amide bonds. The molecule has 0 radical (unpaired) electrons. The summed E-state index contributed by atoms with van der Waals surface area (Å²) >= 11 is 0. The van der Waals surface area contributed by atoms with E-state index in [-0.39, 0.29) is 17.9 Å². The van der Waals surface area contributed by atoms with Crippen LogP contribution in [-0.4, -0.2) is 35.4 Å². The predicted molar refractivity (Wildman–Crippen MR) is 134 cm³/mol. The van der Waals surface area contributed by atoms with Crippen molar-refractivity contribution in [2.24, 2.45) is 0 Å². The Morgan fingerprint density at radius 2 is 1.20 bits per heavy atom. The Morgan fingerprint density at radius 3 is 1.57 bits per heavy atom. The maximum atomic E-state index is 12.8. The molecular formula is C26H31NO7S. The number of nitrogens with one attached hydrogen (secondary N) is 1. The summed E-state index contributed by atoms with van der Waals surface area (Å²) in [7, 11) is -4.67. The molecule has 3 aromatic rings. The van der Waals surface area contributed by atoms with E-state index in [2.05, 4.69) is 5.32 Å². The Balaban J connectivity index is 0.000000784. The zero-order chi connectivity index (χ0) is 25.9. The molecule has 3 rings (SSSR count). The molecule has 3 aromatic carbocycles. The van der Waals surface area contributed by atoms with E-state index in [0.29, 0.717) is 30.3 Å². The highest BCUT2D eigenvalue weighted by Gasteiger charge is 2.15. The Morgan fingerprint density at radius 1 is 0.800 bits per heavy atom. The minimum atomic E-state index is -4.67. The zero-order valence-corrected chi connectivity index (χ0v) is 20.8. The first-order valence-corrected chi connectivity index (χ1v) is 12.3. The average molecular weight is 502 g/mol. The smallest absolute Gasteiger partial charge is 0.394 e. The van der Waals surface area contributed by atoms with Crippen molar-refractivity contribution in [3.8, 4) is 11.5 Å². The van der Waals surface area contributed by atoms with Gasteiger partial charge in [0.25, 0.3) is 0 Å². The Hall–Kier alpha value is -3.24. The Bertz CT molecular complexity index is 1110. The van der Waals surface area contributed by atoms with Gasteiger partial charge in [0.2, 0.25) is 0 Å². The van der Waals surface area contributed by atoms with Crippen molar-refractivity contribution in [2.45, 2.75) is 39.5 Å². The summed E-state index contributed by atoms with van der Waals surface area (Å²) in [6.07, 6.45) is 0. The lowest BCUT2D eigenvalue weighted by atomic mass is 10.1. The van der Waals surface area contributed by atoms with Gasteiger partial charge in [-0.05, 0) is 44.0 Å². The number of ether oxygens (including phenoxy) is 2. The highest BCUT2D eigenvalue weighted by atomic mass is 32.3. The molecule has 8 nitrogen and oxygen atoms in total. The van der Waals surface area contributed by atoms with Crippen LogP contribution in [0.15, 0.2) is 78.9 Å². The second-order valence-electron chi connectivity index (χ2n) is 8.72. The molecule has 0 aliphatic heterocycles. The van der Waals surface area contributed by atoms with Crippen LogP contribution >= 0.6 is 0 Å². The van der Waals surface area contributed by atoms with E-state index in [1.165, 1.54) is 0 Å². The normalized spacial score (nSPS) is 11.2. The van der Waals surface area contributed by atoms with E-state index in [1.807, 2.05) is 87.5 Å². The predicted octanol–water partition coefficient (Wildman–Crippen LogP) is 4.76. The summed E-state index contributed by atoms with van der Waals surface area (Å²) in [5.74, 6) is 1.23. The van der Waals surface area contributed by atoms with Gasteiger partial charge in [-0.3, -0.25) is 13.9 Å². The molecule has 0 aromatic heterocycles. The first kappa shape index (κ1) is 28.0. The molecule has 0 spiro atoms. The second-order valence-corrected chi connectivity index (χ2v) is 9.61. The number of Topliss-reactive ketones (excluding diaryl/α,β-unsaturated/α-hetero) is 1. The molecule has 188 valence electrons. The molecule has 0 unspecified atom stereocenters. The SMILES string of the molecule is CC(C)(C)NCC(=O)c1cc(OCc2ccccc2)cc(OCc2ccccc2)c1.O=S(=O)(O)O. The first-order valence-electron chi connectivity index (χ1n) is 10.9. The fraction of sp³-hybridized carbons (Fsp3) is 0.269. The molecular weight excluding hydrogens is 470 g/mol. The summed E-state index contributed by atoms with van der Waals surface area (Å²) in [6, 6.07) is 25.3. The van der Waals surface area contributed by atoms with E-state index in [0.717, 1.165) is 11.1 Å². The number of carbonyl (C=O) groups excluding carboxylic acids is 1. The van der Waals surface area contributed by atoms with Crippen molar-refractivity contribution in [1.82, 2.24) is 5.32 Å². The average Bonchev–Trinajstić information content (AvgIpc) is 2.79. The third-order valence-corrected chi connectivity index (χ3v) is 4.48. The van der Waals surface area contributed by atoms with Crippen LogP contribution in [0.1, 0.15) is 42.3 Å². The van der Waals surface area contributed by atoms with Gasteiger partial charge in [-0.25, -0.2) is 0 Å². The van der Waals surface area contributed by atoms with E-state index >= 15 is 0 Å². The summed E-state index contributed by atoms with van der Waals surface area (Å²) < 4.78 is 43.5. The molecule has 0 atom stereocenters. The van der Waals surface area contributed by atoms with Gasteiger partial charge >= 0.3 is 10.4 Å². The molecule has 3 N–H and O–H groups in total. The molecule has 9 heteroatoms.